The number of nitrogens with zero attached hydrogens (tertiary/aromatic N) is 2. The number of carbonyl (C=O) groups is 1. The van der Waals surface area contributed by atoms with E-state index in [1.54, 1.807) is 24.3 Å². The minimum absolute atomic E-state index is 0.102. The van der Waals surface area contributed by atoms with Gasteiger partial charge in [0.05, 0.1) is 10.6 Å². The summed E-state index contributed by atoms with van der Waals surface area (Å²) in [5.74, 6) is 0.494. The summed E-state index contributed by atoms with van der Waals surface area (Å²) in [6.45, 7) is 8.04. The number of nitrogens with one attached hydrogen (secondary N) is 1. The van der Waals surface area contributed by atoms with Gasteiger partial charge in [0.1, 0.15) is 0 Å². The first-order valence-corrected chi connectivity index (χ1v) is 12.4. The SMILES string of the molecule is Cc1ccc(N(C)S(=O)(=O)c2cccc(C(=O)NCCCN3CCC[C@H](C)C3)c2)cc1. The molecule has 0 aliphatic carbocycles. The van der Waals surface area contributed by atoms with E-state index in [0.717, 1.165) is 37.5 Å². The second-order valence-electron chi connectivity index (χ2n) is 8.49. The molecule has 2 aromatic carbocycles. The van der Waals surface area contributed by atoms with Gasteiger partial charge in [0.25, 0.3) is 15.9 Å². The van der Waals surface area contributed by atoms with Gasteiger partial charge in [-0.2, -0.15) is 0 Å². The highest BCUT2D eigenvalue weighted by Crippen LogP contribution is 2.23. The van der Waals surface area contributed by atoms with Crippen LogP contribution in [0.4, 0.5) is 5.69 Å². The summed E-state index contributed by atoms with van der Waals surface area (Å²) in [6.07, 6.45) is 3.42. The number of amides is 1. The molecule has 168 valence electrons. The molecule has 1 heterocycles. The summed E-state index contributed by atoms with van der Waals surface area (Å²) < 4.78 is 27.3. The minimum atomic E-state index is -3.76. The molecule has 3 rings (SSSR count). The molecule has 2 aromatic rings. The Morgan fingerprint density at radius 1 is 1.19 bits per heavy atom. The van der Waals surface area contributed by atoms with Crippen LogP contribution in [0.1, 0.15) is 42.1 Å². The molecule has 1 fully saturated rings. The quantitative estimate of drug-likeness (QED) is 0.632. The topological polar surface area (TPSA) is 69.7 Å². The molecule has 1 aliphatic rings. The molecule has 0 aromatic heterocycles. The van der Waals surface area contributed by atoms with Crippen LogP contribution >= 0.6 is 0 Å². The summed E-state index contributed by atoms with van der Waals surface area (Å²) in [7, 11) is -2.24. The molecule has 0 bridgehead atoms. The van der Waals surface area contributed by atoms with Crippen LogP contribution in [0, 0.1) is 12.8 Å². The number of likely N-dealkylation sites (tertiary alicyclic amines) is 1. The van der Waals surface area contributed by atoms with Crippen molar-refractivity contribution in [2.75, 3.05) is 37.5 Å². The molecule has 1 aliphatic heterocycles. The second-order valence-corrected chi connectivity index (χ2v) is 10.5. The standard InChI is InChI=1S/C24H33N3O3S/c1-19-10-12-22(13-11-19)26(3)31(29,30)23-9-4-8-21(17-23)24(28)25-14-6-16-27-15-5-7-20(2)18-27/h4,8-13,17,20H,5-7,14-16,18H2,1-3H3,(H,25,28)/t20-/m0/s1. The van der Waals surface area contributed by atoms with Crippen molar-refractivity contribution in [3.05, 3.63) is 59.7 Å². The molecule has 1 atom stereocenters. The summed E-state index contributed by atoms with van der Waals surface area (Å²) in [5, 5.41) is 2.92. The van der Waals surface area contributed by atoms with Crippen LogP contribution in [0.5, 0.6) is 0 Å². The molecule has 0 saturated carbocycles. The van der Waals surface area contributed by atoms with E-state index in [9.17, 15) is 13.2 Å². The van der Waals surface area contributed by atoms with Crippen molar-refractivity contribution in [3.63, 3.8) is 0 Å². The predicted molar refractivity (Wildman–Crippen MR) is 125 cm³/mol. The van der Waals surface area contributed by atoms with Gasteiger partial charge < -0.3 is 10.2 Å². The van der Waals surface area contributed by atoms with E-state index in [4.69, 9.17) is 0 Å². The van der Waals surface area contributed by atoms with E-state index in [1.807, 2.05) is 19.1 Å². The zero-order valence-electron chi connectivity index (χ0n) is 18.7. The number of anilines is 1. The number of hydrogen-bond acceptors (Lipinski definition) is 4. The second kappa shape index (κ2) is 10.3. The highest BCUT2D eigenvalue weighted by Gasteiger charge is 2.22. The maximum atomic E-state index is 13.0. The fraction of sp³-hybridized carbons (Fsp3) is 0.458. The Balaban J connectivity index is 1.59. The summed E-state index contributed by atoms with van der Waals surface area (Å²) in [6, 6.07) is 13.5. The Hall–Kier alpha value is -2.38. The molecule has 0 spiro atoms. The van der Waals surface area contributed by atoms with E-state index in [2.05, 4.69) is 17.1 Å². The van der Waals surface area contributed by atoms with Gasteiger partial charge in [-0.3, -0.25) is 9.10 Å². The number of benzene rings is 2. The number of carbonyl (C=O) groups excluding carboxylic acids is 1. The molecular weight excluding hydrogens is 410 g/mol. The lowest BCUT2D eigenvalue weighted by Gasteiger charge is -2.30. The average Bonchev–Trinajstić information content (AvgIpc) is 2.77. The van der Waals surface area contributed by atoms with Gasteiger partial charge >= 0.3 is 0 Å². The first kappa shape index (κ1) is 23.3. The number of sulfonamides is 1. The lowest BCUT2D eigenvalue weighted by molar-refractivity contribution is 0.0950. The molecule has 7 heteroatoms. The molecule has 6 nitrogen and oxygen atoms in total. The fourth-order valence-corrected chi connectivity index (χ4v) is 5.19. The third-order valence-corrected chi connectivity index (χ3v) is 7.61. The first-order chi connectivity index (χ1) is 14.8. The van der Waals surface area contributed by atoms with Gasteiger partial charge in [-0.15, -0.1) is 0 Å². The predicted octanol–water partition coefficient (Wildman–Crippen LogP) is 3.67. The summed E-state index contributed by atoms with van der Waals surface area (Å²) >= 11 is 0. The smallest absolute Gasteiger partial charge is 0.264 e. The van der Waals surface area contributed by atoms with Crippen molar-refractivity contribution in [3.8, 4) is 0 Å². The number of hydrogen-bond donors (Lipinski definition) is 1. The molecule has 0 radical (unpaired) electrons. The first-order valence-electron chi connectivity index (χ1n) is 10.9. The van der Waals surface area contributed by atoms with Crippen molar-refractivity contribution in [1.29, 1.82) is 0 Å². The Morgan fingerprint density at radius 3 is 2.65 bits per heavy atom. The Bertz CT molecular complexity index is 989. The lowest BCUT2D eigenvalue weighted by atomic mass is 10.0. The van der Waals surface area contributed by atoms with Crippen LogP contribution < -0.4 is 9.62 Å². The van der Waals surface area contributed by atoms with Crippen LogP contribution in [0.3, 0.4) is 0 Å². The fourth-order valence-electron chi connectivity index (χ4n) is 3.95. The van der Waals surface area contributed by atoms with Crippen molar-refractivity contribution >= 4 is 21.6 Å². The van der Waals surface area contributed by atoms with E-state index in [0.29, 0.717) is 17.8 Å². The number of rotatable bonds is 8. The van der Waals surface area contributed by atoms with E-state index < -0.39 is 10.0 Å². The van der Waals surface area contributed by atoms with Gasteiger partial charge in [0.2, 0.25) is 0 Å². The highest BCUT2D eigenvalue weighted by molar-refractivity contribution is 7.92. The van der Waals surface area contributed by atoms with Crippen LogP contribution in [0.15, 0.2) is 53.4 Å². The third-order valence-electron chi connectivity index (χ3n) is 5.83. The molecule has 1 N–H and O–H groups in total. The maximum absolute atomic E-state index is 13.0. The van der Waals surface area contributed by atoms with Gasteiger partial charge in [-0.1, -0.05) is 30.7 Å². The van der Waals surface area contributed by atoms with E-state index in [-0.39, 0.29) is 10.8 Å². The Labute approximate surface area is 186 Å². The van der Waals surface area contributed by atoms with E-state index in [1.165, 1.54) is 36.3 Å². The molecule has 1 amide bonds. The minimum Gasteiger partial charge on any atom is -0.352 e. The van der Waals surface area contributed by atoms with Gasteiger partial charge in [0.15, 0.2) is 0 Å². The van der Waals surface area contributed by atoms with Gasteiger partial charge in [0, 0.05) is 25.7 Å². The van der Waals surface area contributed by atoms with Crippen molar-refractivity contribution in [1.82, 2.24) is 10.2 Å². The molecular formula is C24H33N3O3S. The number of piperidine rings is 1. The average molecular weight is 444 g/mol. The van der Waals surface area contributed by atoms with Crippen LogP contribution in [-0.4, -0.2) is 52.5 Å². The van der Waals surface area contributed by atoms with E-state index >= 15 is 0 Å². The van der Waals surface area contributed by atoms with Crippen LogP contribution in [-0.2, 0) is 10.0 Å². The van der Waals surface area contributed by atoms with Gasteiger partial charge in [-0.25, -0.2) is 8.42 Å². The normalized spacial score (nSPS) is 17.3. The summed E-state index contributed by atoms with van der Waals surface area (Å²) in [4.78, 5) is 15.1. The Kier molecular flexibility index (Phi) is 7.73. The van der Waals surface area contributed by atoms with Crippen molar-refractivity contribution in [2.45, 2.75) is 38.0 Å². The van der Waals surface area contributed by atoms with Gasteiger partial charge in [-0.05, 0) is 75.5 Å². The zero-order chi connectivity index (χ0) is 22.4. The van der Waals surface area contributed by atoms with Crippen molar-refractivity contribution < 1.29 is 13.2 Å². The third kappa shape index (κ3) is 6.08. The summed E-state index contributed by atoms with van der Waals surface area (Å²) in [5.41, 5.74) is 1.99. The lowest BCUT2D eigenvalue weighted by Crippen LogP contribution is -2.36. The highest BCUT2D eigenvalue weighted by atomic mass is 32.2. The number of aryl methyl sites for hydroxylation is 1. The molecule has 31 heavy (non-hydrogen) atoms. The van der Waals surface area contributed by atoms with Crippen LogP contribution in [0.25, 0.3) is 0 Å². The molecule has 0 unspecified atom stereocenters. The zero-order valence-corrected chi connectivity index (χ0v) is 19.5. The van der Waals surface area contributed by atoms with Crippen LogP contribution in [0.2, 0.25) is 0 Å². The molecule has 1 saturated heterocycles. The monoisotopic (exact) mass is 443 g/mol. The Morgan fingerprint density at radius 2 is 1.94 bits per heavy atom. The van der Waals surface area contributed by atoms with Crippen molar-refractivity contribution in [2.24, 2.45) is 5.92 Å². The maximum Gasteiger partial charge on any atom is 0.264 e. The largest absolute Gasteiger partial charge is 0.352 e.